The number of esters is 1. The molecule has 0 bridgehead atoms. The highest BCUT2D eigenvalue weighted by molar-refractivity contribution is 7.93. The van der Waals surface area contributed by atoms with Crippen LogP contribution in [0.1, 0.15) is 43.2 Å². The molecule has 0 aliphatic carbocycles. The highest BCUT2D eigenvalue weighted by atomic mass is 35.5. The summed E-state index contributed by atoms with van der Waals surface area (Å²) in [7, 11) is -3.14. The summed E-state index contributed by atoms with van der Waals surface area (Å²) < 4.78 is 39.6. The molecule has 0 aliphatic heterocycles. The van der Waals surface area contributed by atoms with Crippen molar-refractivity contribution in [1.82, 2.24) is 0 Å². The SMILES string of the molecule is COC(=O)c1c(C)oc2ccc(N(C(=O)c3ccc(Cl)cc3)S(=O)(=O)c3c(C)cc(C)cc3C)cc12. The Hall–Kier alpha value is -3.62. The molecular formula is C27H24ClNO6S. The minimum Gasteiger partial charge on any atom is -0.465 e. The zero-order chi connectivity index (χ0) is 26.4. The maximum Gasteiger partial charge on any atom is 0.342 e. The van der Waals surface area contributed by atoms with E-state index in [4.69, 9.17) is 20.8 Å². The second-order valence-electron chi connectivity index (χ2n) is 8.51. The smallest absolute Gasteiger partial charge is 0.342 e. The van der Waals surface area contributed by atoms with E-state index < -0.39 is 21.9 Å². The van der Waals surface area contributed by atoms with Gasteiger partial charge in [-0.3, -0.25) is 4.79 Å². The molecule has 0 fully saturated rings. The van der Waals surface area contributed by atoms with Gasteiger partial charge in [-0.05, 0) is 81.3 Å². The molecule has 4 rings (SSSR count). The highest BCUT2D eigenvalue weighted by Crippen LogP contribution is 2.35. The van der Waals surface area contributed by atoms with Gasteiger partial charge in [0.1, 0.15) is 16.9 Å². The molecule has 36 heavy (non-hydrogen) atoms. The number of carbonyl (C=O) groups is 2. The van der Waals surface area contributed by atoms with Crippen LogP contribution >= 0.6 is 11.6 Å². The summed E-state index contributed by atoms with van der Waals surface area (Å²) in [5.41, 5.74) is 2.62. The third-order valence-corrected chi connectivity index (χ3v) is 8.12. The topological polar surface area (TPSA) is 93.9 Å². The van der Waals surface area contributed by atoms with Gasteiger partial charge in [0.2, 0.25) is 0 Å². The van der Waals surface area contributed by atoms with Gasteiger partial charge >= 0.3 is 5.97 Å². The molecule has 0 unspecified atom stereocenters. The Labute approximate surface area is 214 Å². The average molecular weight is 526 g/mol. The van der Waals surface area contributed by atoms with Gasteiger partial charge in [0.25, 0.3) is 15.9 Å². The van der Waals surface area contributed by atoms with Crippen molar-refractivity contribution in [2.45, 2.75) is 32.6 Å². The number of carbonyl (C=O) groups excluding carboxylic acids is 2. The Morgan fingerprint density at radius 2 is 1.53 bits per heavy atom. The number of rotatable bonds is 5. The third kappa shape index (κ3) is 4.38. The summed E-state index contributed by atoms with van der Waals surface area (Å²) >= 11 is 5.99. The van der Waals surface area contributed by atoms with Gasteiger partial charge in [0.15, 0.2) is 0 Å². The molecule has 3 aromatic carbocycles. The van der Waals surface area contributed by atoms with Crippen molar-refractivity contribution in [3.8, 4) is 0 Å². The number of aryl methyl sites for hydroxylation is 4. The van der Waals surface area contributed by atoms with Crippen molar-refractivity contribution in [1.29, 1.82) is 0 Å². The fourth-order valence-electron chi connectivity index (χ4n) is 4.43. The predicted molar refractivity (Wildman–Crippen MR) is 138 cm³/mol. The van der Waals surface area contributed by atoms with E-state index in [1.807, 2.05) is 6.92 Å². The van der Waals surface area contributed by atoms with Gasteiger partial charge in [-0.15, -0.1) is 0 Å². The minimum absolute atomic E-state index is 0.0343. The van der Waals surface area contributed by atoms with E-state index in [2.05, 4.69) is 0 Å². The van der Waals surface area contributed by atoms with Crippen molar-refractivity contribution < 1.29 is 27.2 Å². The lowest BCUT2D eigenvalue weighted by Gasteiger charge is -2.25. The maximum atomic E-state index is 14.1. The Balaban J connectivity index is 2.00. The Kier molecular flexibility index (Phi) is 6.68. The fourth-order valence-corrected chi connectivity index (χ4v) is 6.38. The molecule has 9 heteroatoms. The lowest BCUT2D eigenvalue weighted by atomic mass is 10.1. The van der Waals surface area contributed by atoms with Gasteiger partial charge in [-0.1, -0.05) is 29.3 Å². The summed E-state index contributed by atoms with van der Waals surface area (Å²) in [4.78, 5) is 26.2. The number of methoxy groups -OCH3 is 1. The van der Waals surface area contributed by atoms with Crippen LogP contribution in [0, 0.1) is 27.7 Å². The summed E-state index contributed by atoms with van der Waals surface area (Å²) in [6.07, 6.45) is 0. The molecule has 0 aliphatic rings. The third-order valence-electron chi connectivity index (χ3n) is 5.85. The van der Waals surface area contributed by atoms with E-state index in [-0.39, 0.29) is 21.7 Å². The van der Waals surface area contributed by atoms with Crippen LogP contribution in [0.25, 0.3) is 11.0 Å². The van der Waals surface area contributed by atoms with Crippen LogP contribution in [0.3, 0.4) is 0 Å². The molecular weight excluding hydrogens is 502 g/mol. The number of sulfonamides is 1. The Morgan fingerprint density at radius 3 is 2.11 bits per heavy atom. The molecule has 0 atom stereocenters. The van der Waals surface area contributed by atoms with Crippen molar-refractivity contribution in [2.24, 2.45) is 0 Å². The summed E-state index contributed by atoms with van der Waals surface area (Å²) in [6, 6.07) is 13.9. The number of amides is 1. The maximum absolute atomic E-state index is 14.1. The largest absolute Gasteiger partial charge is 0.465 e. The van der Waals surface area contributed by atoms with Crippen LogP contribution in [0.5, 0.6) is 0 Å². The van der Waals surface area contributed by atoms with E-state index >= 15 is 0 Å². The number of anilines is 1. The first-order chi connectivity index (χ1) is 16.9. The van der Waals surface area contributed by atoms with Crippen LogP contribution in [0.4, 0.5) is 5.69 Å². The normalized spacial score (nSPS) is 11.5. The Bertz CT molecular complexity index is 1600. The van der Waals surface area contributed by atoms with E-state index in [9.17, 15) is 18.0 Å². The second kappa shape index (κ2) is 9.44. The molecule has 0 saturated carbocycles. The molecule has 0 spiro atoms. The number of benzene rings is 3. The lowest BCUT2D eigenvalue weighted by molar-refractivity contribution is 0.0600. The monoisotopic (exact) mass is 525 g/mol. The average Bonchev–Trinajstić information content (AvgIpc) is 3.13. The van der Waals surface area contributed by atoms with Crippen LogP contribution < -0.4 is 4.31 Å². The van der Waals surface area contributed by atoms with Gasteiger partial charge in [-0.2, -0.15) is 4.31 Å². The van der Waals surface area contributed by atoms with E-state index in [1.54, 1.807) is 32.9 Å². The lowest BCUT2D eigenvalue weighted by Crippen LogP contribution is -2.37. The number of hydrogen-bond acceptors (Lipinski definition) is 6. The van der Waals surface area contributed by atoms with Gasteiger partial charge in [-0.25, -0.2) is 13.2 Å². The molecule has 0 N–H and O–H groups in total. The quantitative estimate of drug-likeness (QED) is 0.290. The van der Waals surface area contributed by atoms with Crippen LogP contribution in [-0.4, -0.2) is 27.4 Å². The first-order valence-electron chi connectivity index (χ1n) is 11.0. The van der Waals surface area contributed by atoms with Crippen LogP contribution in [0.2, 0.25) is 5.02 Å². The number of furan rings is 1. The van der Waals surface area contributed by atoms with Crippen molar-refractivity contribution in [3.05, 3.63) is 93.2 Å². The van der Waals surface area contributed by atoms with Gasteiger partial charge < -0.3 is 9.15 Å². The molecule has 0 radical (unpaired) electrons. The van der Waals surface area contributed by atoms with E-state index in [0.29, 0.717) is 32.9 Å². The van der Waals surface area contributed by atoms with Gasteiger partial charge in [0, 0.05) is 16.0 Å². The molecule has 1 aromatic heterocycles. The highest BCUT2D eigenvalue weighted by Gasteiger charge is 2.35. The van der Waals surface area contributed by atoms with Crippen molar-refractivity contribution >= 4 is 50.2 Å². The molecule has 7 nitrogen and oxygen atoms in total. The first kappa shape index (κ1) is 25.5. The van der Waals surface area contributed by atoms with Crippen molar-refractivity contribution in [2.75, 3.05) is 11.4 Å². The second-order valence-corrected chi connectivity index (χ2v) is 10.7. The molecule has 4 aromatic rings. The van der Waals surface area contributed by atoms with Gasteiger partial charge in [0.05, 0.1) is 17.7 Å². The standard InChI is InChI=1S/C27H24ClNO6S/c1-15-12-16(2)25(17(3)13-15)36(32,33)29(26(30)19-6-8-20(28)9-7-19)21-10-11-23-22(14-21)24(18(4)35-23)27(31)34-5/h6-14H,1-5H3. The minimum atomic E-state index is -4.39. The predicted octanol–water partition coefficient (Wildman–Crippen LogP) is 6.14. The molecule has 1 amide bonds. The number of ether oxygens (including phenoxy) is 1. The summed E-state index contributed by atoms with van der Waals surface area (Å²) in [5.74, 6) is -1.09. The number of nitrogens with zero attached hydrogens (tertiary/aromatic N) is 1. The first-order valence-corrected chi connectivity index (χ1v) is 12.8. The Morgan fingerprint density at radius 1 is 0.917 bits per heavy atom. The fraction of sp³-hybridized carbons (Fsp3) is 0.185. The number of fused-ring (bicyclic) bond motifs is 1. The van der Waals surface area contributed by atoms with E-state index in [1.165, 1.54) is 49.6 Å². The molecule has 1 heterocycles. The number of halogens is 1. The molecule has 0 saturated heterocycles. The van der Waals surface area contributed by atoms with E-state index in [0.717, 1.165) is 9.87 Å². The summed E-state index contributed by atoms with van der Waals surface area (Å²) in [6.45, 7) is 6.86. The summed E-state index contributed by atoms with van der Waals surface area (Å²) in [5, 5.41) is 0.738. The van der Waals surface area contributed by atoms with Crippen molar-refractivity contribution in [3.63, 3.8) is 0 Å². The zero-order valence-electron chi connectivity index (χ0n) is 20.4. The zero-order valence-corrected chi connectivity index (χ0v) is 22.0. The van der Waals surface area contributed by atoms with Crippen LogP contribution in [0.15, 0.2) is 63.9 Å². The molecule has 186 valence electrons. The van der Waals surface area contributed by atoms with Crippen LogP contribution in [-0.2, 0) is 14.8 Å². The number of hydrogen-bond donors (Lipinski definition) is 0.